The Hall–Kier alpha value is -2.94. The number of benzene rings is 2. The maximum atomic E-state index is 12.1. The molecule has 3 heteroatoms. The van der Waals surface area contributed by atoms with E-state index in [2.05, 4.69) is 0 Å². The molecule has 3 aromatic rings. The number of carbonyl (C=O) groups is 2. The zero-order chi connectivity index (χ0) is 15.5. The van der Waals surface area contributed by atoms with Crippen LogP contribution in [0.15, 0.2) is 66.9 Å². The monoisotopic (exact) mass is 289 g/mol. The van der Waals surface area contributed by atoms with Crippen molar-refractivity contribution in [1.29, 1.82) is 0 Å². The molecule has 0 saturated carbocycles. The third-order valence-electron chi connectivity index (χ3n) is 3.55. The second-order valence-corrected chi connectivity index (χ2v) is 5.05. The fraction of sp³-hybridized carbons (Fsp3) is 0.0526. The van der Waals surface area contributed by atoms with E-state index in [9.17, 15) is 9.59 Å². The zero-order valence-corrected chi connectivity index (χ0v) is 12.2. The van der Waals surface area contributed by atoms with E-state index in [1.165, 1.54) is 6.92 Å². The topological polar surface area (TPSA) is 39.1 Å². The first-order valence-corrected chi connectivity index (χ1v) is 7.05. The summed E-state index contributed by atoms with van der Waals surface area (Å²) in [7, 11) is 0. The van der Waals surface area contributed by atoms with Crippen molar-refractivity contribution in [3.63, 3.8) is 0 Å². The maximum absolute atomic E-state index is 12.1. The molecule has 1 aromatic heterocycles. The minimum atomic E-state index is -0.0553. The molecule has 0 amide bonds. The number of hydrogen-bond donors (Lipinski definition) is 0. The molecule has 0 fully saturated rings. The van der Waals surface area contributed by atoms with Crippen molar-refractivity contribution in [3.05, 3.63) is 78.0 Å². The molecular formula is C19H15NO2. The Kier molecular flexibility index (Phi) is 3.71. The molecule has 2 aromatic carbocycles. The average molecular weight is 289 g/mol. The van der Waals surface area contributed by atoms with Gasteiger partial charge in [0, 0.05) is 29.6 Å². The normalized spacial score (nSPS) is 11.1. The minimum absolute atomic E-state index is 0.0507. The van der Waals surface area contributed by atoms with Crippen LogP contribution in [0.4, 0.5) is 0 Å². The van der Waals surface area contributed by atoms with E-state index in [-0.39, 0.29) is 11.7 Å². The molecule has 0 radical (unpaired) electrons. The van der Waals surface area contributed by atoms with Gasteiger partial charge >= 0.3 is 0 Å². The smallest absolute Gasteiger partial charge is 0.227 e. The molecular weight excluding hydrogens is 274 g/mol. The third kappa shape index (κ3) is 2.61. The Morgan fingerprint density at radius 3 is 2.36 bits per heavy atom. The molecule has 0 aliphatic rings. The van der Waals surface area contributed by atoms with E-state index in [1.54, 1.807) is 35.0 Å². The van der Waals surface area contributed by atoms with Gasteiger partial charge in [0.1, 0.15) is 0 Å². The number of carbonyl (C=O) groups excluding carboxylic acids is 2. The molecule has 1 heterocycles. The van der Waals surface area contributed by atoms with Gasteiger partial charge in [0.15, 0.2) is 5.78 Å². The van der Waals surface area contributed by atoms with Gasteiger partial charge in [0.2, 0.25) is 5.91 Å². The summed E-state index contributed by atoms with van der Waals surface area (Å²) in [6.45, 7) is 1.52. The maximum Gasteiger partial charge on any atom is 0.227 e. The van der Waals surface area contributed by atoms with Crippen LogP contribution < -0.4 is 0 Å². The van der Waals surface area contributed by atoms with Gasteiger partial charge in [-0.05, 0) is 18.2 Å². The van der Waals surface area contributed by atoms with E-state index in [1.807, 2.05) is 42.5 Å². The summed E-state index contributed by atoms with van der Waals surface area (Å²) in [5, 5.41) is 0.954. The van der Waals surface area contributed by atoms with Gasteiger partial charge in [0.05, 0.1) is 5.52 Å². The Morgan fingerprint density at radius 2 is 1.64 bits per heavy atom. The summed E-state index contributed by atoms with van der Waals surface area (Å²) < 4.78 is 1.60. The van der Waals surface area contributed by atoms with Gasteiger partial charge in [-0.25, -0.2) is 0 Å². The van der Waals surface area contributed by atoms with Crippen LogP contribution in [0.2, 0.25) is 0 Å². The number of aromatic nitrogens is 1. The van der Waals surface area contributed by atoms with Crippen molar-refractivity contribution in [2.24, 2.45) is 0 Å². The largest absolute Gasteiger partial charge is 0.289 e. The highest BCUT2D eigenvalue weighted by molar-refractivity contribution is 6.08. The number of ketones is 1. The number of fused-ring (bicyclic) bond motifs is 1. The lowest BCUT2D eigenvalue weighted by Gasteiger charge is -1.96. The number of para-hydroxylation sites is 1. The summed E-state index contributed by atoms with van der Waals surface area (Å²) in [4.78, 5) is 23.8. The van der Waals surface area contributed by atoms with Crippen LogP contribution in [0.1, 0.15) is 27.6 Å². The van der Waals surface area contributed by atoms with Crippen molar-refractivity contribution < 1.29 is 9.59 Å². The molecule has 3 nitrogen and oxygen atoms in total. The SMILES string of the molecule is CC(=O)n1cc(C=CC(=O)c2ccccc2)c2ccccc21. The van der Waals surface area contributed by atoms with Crippen molar-refractivity contribution in [1.82, 2.24) is 4.57 Å². The van der Waals surface area contributed by atoms with Crippen molar-refractivity contribution in [2.45, 2.75) is 6.92 Å². The summed E-state index contributed by atoms with van der Waals surface area (Å²) in [5.74, 6) is -0.106. The van der Waals surface area contributed by atoms with Crippen molar-refractivity contribution in [3.8, 4) is 0 Å². The highest BCUT2D eigenvalue weighted by Gasteiger charge is 2.09. The van der Waals surface area contributed by atoms with Gasteiger partial charge in [-0.15, -0.1) is 0 Å². The number of allylic oxidation sites excluding steroid dienone is 1. The van der Waals surface area contributed by atoms with Crippen LogP contribution in [0, 0.1) is 0 Å². The molecule has 0 N–H and O–H groups in total. The lowest BCUT2D eigenvalue weighted by molar-refractivity contribution is 0.0941. The van der Waals surface area contributed by atoms with Crippen LogP contribution in [0.25, 0.3) is 17.0 Å². The highest BCUT2D eigenvalue weighted by Crippen LogP contribution is 2.22. The van der Waals surface area contributed by atoms with Crippen LogP contribution in [0.5, 0.6) is 0 Å². The summed E-state index contributed by atoms with van der Waals surface area (Å²) in [6.07, 6.45) is 5.07. The van der Waals surface area contributed by atoms with Gasteiger partial charge in [-0.3, -0.25) is 14.2 Å². The van der Waals surface area contributed by atoms with Gasteiger partial charge in [-0.1, -0.05) is 48.5 Å². The predicted molar refractivity (Wildman–Crippen MR) is 88.0 cm³/mol. The zero-order valence-electron chi connectivity index (χ0n) is 12.2. The number of nitrogens with zero attached hydrogens (tertiary/aromatic N) is 1. The van der Waals surface area contributed by atoms with Crippen LogP contribution >= 0.6 is 0 Å². The van der Waals surface area contributed by atoms with Crippen LogP contribution in [0.3, 0.4) is 0 Å². The average Bonchev–Trinajstić information content (AvgIpc) is 2.92. The van der Waals surface area contributed by atoms with Gasteiger partial charge in [-0.2, -0.15) is 0 Å². The van der Waals surface area contributed by atoms with E-state index in [4.69, 9.17) is 0 Å². The first kappa shape index (κ1) is 14.0. The van der Waals surface area contributed by atoms with E-state index in [0.29, 0.717) is 5.56 Å². The summed E-state index contributed by atoms with van der Waals surface area (Å²) >= 11 is 0. The number of hydrogen-bond acceptors (Lipinski definition) is 2. The van der Waals surface area contributed by atoms with E-state index >= 15 is 0 Å². The van der Waals surface area contributed by atoms with Crippen LogP contribution in [-0.4, -0.2) is 16.3 Å². The van der Waals surface area contributed by atoms with Crippen LogP contribution in [-0.2, 0) is 0 Å². The lowest BCUT2D eigenvalue weighted by Crippen LogP contribution is -2.02. The highest BCUT2D eigenvalue weighted by atomic mass is 16.1. The van der Waals surface area contributed by atoms with Crippen molar-refractivity contribution >= 4 is 28.7 Å². The quantitative estimate of drug-likeness (QED) is 0.535. The molecule has 0 saturated heterocycles. The first-order valence-electron chi connectivity index (χ1n) is 7.05. The van der Waals surface area contributed by atoms with E-state index in [0.717, 1.165) is 16.5 Å². The molecule has 0 aliphatic carbocycles. The Balaban J connectivity index is 1.99. The fourth-order valence-corrected chi connectivity index (χ4v) is 2.46. The van der Waals surface area contributed by atoms with Gasteiger partial charge < -0.3 is 0 Å². The predicted octanol–water partition coefficient (Wildman–Crippen LogP) is 4.20. The minimum Gasteiger partial charge on any atom is -0.289 e. The lowest BCUT2D eigenvalue weighted by atomic mass is 10.1. The standard InChI is InChI=1S/C19H15NO2/c1-14(21)20-13-16(17-9-5-6-10-18(17)20)11-12-19(22)15-7-3-2-4-8-15/h2-13H,1H3. The number of rotatable bonds is 3. The van der Waals surface area contributed by atoms with Gasteiger partial charge in [0.25, 0.3) is 0 Å². The van der Waals surface area contributed by atoms with E-state index < -0.39 is 0 Å². The molecule has 0 bridgehead atoms. The molecule has 0 aliphatic heterocycles. The molecule has 0 unspecified atom stereocenters. The summed E-state index contributed by atoms with van der Waals surface area (Å²) in [5.41, 5.74) is 2.35. The summed E-state index contributed by atoms with van der Waals surface area (Å²) in [6, 6.07) is 16.8. The van der Waals surface area contributed by atoms with Crippen molar-refractivity contribution in [2.75, 3.05) is 0 Å². The Bertz CT molecular complexity index is 873. The molecule has 3 rings (SSSR count). The first-order chi connectivity index (χ1) is 10.7. The second kappa shape index (κ2) is 5.82. The molecule has 0 spiro atoms. The molecule has 0 atom stereocenters. The third-order valence-corrected chi connectivity index (χ3v) is 3.55. The molecule has 108 valence electrons. The fourth-order valence-electron chi connectivity index (χ4n) is 2.46. The second-order valence-electron chi connectivity index (χ2n) is 5.05. The Labute approximate surface area is 128 Å². The molecule has 22 heavy (non-hydrogen) atoms. The Morgan fingerprint density at radius 1 is 0.955 bits per heavy atom.